The second-order valence-corrected chi connectivity index (χ2v) is 5.86. The Hall–Kier alpha value is -1.56. The van der Waals surface area contributed by atoms with Gasteiger partial charge in [0.2, 0.25) is 0 Å². The van der Waals surface area contributed by atoms with Crippen molar-refractivity contribution in [2.45, 2.75) is 31.5 Å². The first kappa shape index (κ1) is 14.4. The van der Waals surface area contributed by atoms with Crippen molar-refractivity contribution in [1.82, 2.24) is 4.90 Å². The molecule has 1 aliphatic carbocycles. The van der Waals surface area contributed by atoms with E-state index in [0.717, 1.165) is 24.0 Å². The lowest BCUT2D eigenvalue weighted by Gasteiger charge is -2.30. The van der Waals surface area contributed by atoms with Crippen molar-refractivity contribution in [3.63, 3.8) is 0 Å². The molecule has 0 spiro atoms. The van der Waals surface area contributed by atoms with Gasteiger partial charge in [-0.25, -0.2) is 0 Å². The molecule has 0 bridgehead atoms. The maximum absolute atomic E-state index is 13.2. The van der Waals surface area contributed by atoms with Crippen molar-refractivity contribution >= 4 is 5.97 Å². The minimum absolute atomic E-state index is 0.0928. The lowest BCUT2D eigenvalue weighted by molar-refractivity contribution is -0.227. The normalized spacial score (nSPS) is 29.6. The number of alkyl halides is 3. The maximum atomic E-state index is 13.2. The van der Waals surface area contributed by atoms with Crippen LogP contribution in [0.2, 0.25) is 0 Å². The highest BCUT2D eigenvalue weighted by atomic mass is 19.4. The van der Waals surface area contributed by atoms with E-state index in [4.69, 9.17) is 5.11 Å². The second kappa shape index (κ2) is 4.73. The van der Waals surface area contributed by atoms with Crippen molar-refractivity contribution in [3.8, 4) is 0 Å². The topological polar surface area (TPSA) is 40.5 Å². The van der Waals surface area contributed by atoms with Gasteiger partial charge in [0.25, 0.3) is 0 Å². The minimum atomic E-state index is -4.72. The molecule has 3 rings (SSSR count). The van der Waals surface area contributed by atoms with Crippen molar-refractivity contribution in [1.29, 1.82) is 0 Å². The summed E-state index contributed by atoms with van der Waals surface area (Å²) in [5.41, 5.74) is -0.423. The Morgan fingerprint density at radius 1 is 1.33 bits per heavy atom. The number of carboxylic acid groups (broad SMARTS) is 1. The fourth-order valence-corrected chi connectivity index (χ4v) is 3.55. The van der Waals surface area contributed by atoms with Gasteiger partial charge in [0.1, 0.15) is 0 Å². The van der Waals surface area contributed by atoms with E-state index >= 15 is 0 Å². The predicted molar refractivity (Wildman–Crippen MR) is 69.8 cm³/mol. The van der Waals surface area contributed by atoms with Gasteiger partial charge in [-0.15, -0.1) is 0 Å². The van der Waals surface area contributed by atoms with Crippen LogP contribution in [0.3, 0.4) is 0 Å². The van der Waals surface area contributed by atoms with E-state index in [1.807, 2.05) is 24.3 Å². The Balaban J connectivity index is 1.87. The molecular weight excluding hydrogens is 283 g/mol. The average Bonchev–Trinajstić information content (AvgIpc) is 3.02. The molecule has 0 saturated carbocycles. The van der Waals surface area contributed by atoms with E-state index in [1.54, 1.807) is 4.90 Å². The highest BCUT2D eigenvalue weighted by Crippen LogP contribution is 2.49. The molecule has 1 aromatic rings. The summed E-state index contributed by atoms with van der Waals surface area (Å²) in [5.74, 6) is -1.76. The van der Waals surface area contributed by atoms with Gasteiger partial charge >= 0.3 is 12.1 Å². The lowest BCUT2D eigenvalue weighted by atomic mass is 9.86. The molecule has 1 saturated heterocycles. The number of likely N-dealkylation sites (tertiary alicyclic amines) is 1. The fourth-order valence-electron chi connectivity index (χ4n) is 3.55. The Kier molecular flexibility index (Phi) is 3.24. The third-order valence-electron chi connectivity index (χ3n) is 4.79. The van der Waals surface area contributed by atoms with Crippen LogP contribution >= 0.6 is 0 Å². The predicted octanol–water partition coefficient (Wildman–Crippen LogP) is 3.01. The lowest BCUT2D eigenvalue weighted by Crippen LogP contribution is -2.47. The number of hydrogen-bond acceptors (Lipinski definition) is 2. The standard InChI is InChI=1S/C15H16F3NO2/c16-15(17,18)14(13(20)21)7-8-19(9-14)12-6-5-10-3-1-2-4-11(10)12/h1-4,12H,5-9H2,(H,20,21). The van der Waals surface area contributed by atoms with Crippen LogP contribution in [0.4, 0.5) is 13.2 Å². The molecule has 2 aliphatic rings. The smallest absolute Gasteiger partial charge is 0.406 e. The van der Waals surface area contributed by atoms with Crippen molar-refractivity contribution in [2.75, 3.05) is 13.1 Å². The summed E-state index contributed by atoms with van der Waals surface area (Å²) in [4.78, 5) is 12.9. The summed E-state index contributed by atoms with van der Waals surface area (Å²) in [7, 11) is 0. The van der Waals surface area contributed by atoms with Crippen LogP contribution in [-0.2, 0) is 11.2 Å². The summed E-state index contributed by atoms with van der Waals surface area (Å²) >= 11 is 0. The molecule has 0 aromatic heterocycles. The van der Waals surface area contributed by atoms with Gasteiger partial charge in [0.05, 0.1) is 0 Å². The van der Waals surface area contributed by atoms with Crippen LogP contribution < -0.4 is 0 Å². The SMILES string of the molecule is O=C(O)C1(C(F)(F)F)CCN(C2CCc3ccccc32)C1. The monoisotopic (exact) mass is 299 g/mol. The van der Waals surface area contributed by atoms with Crippen LogP contribution in [0.15, 0.2) is 24.3 Å². The summed E-state index contributed by atoms with van der Waals surface area (Å²) in [6.07, 6.45) is -3.49. The molecule has 2 atom stereocenters. The van der Waals surface area contributed by atoms with Gasteiger partial charge in [-0.1, -0.05) is 24.3 Å². The Bertz CT molecular complexity index is 572. The van der Waals surface area contributed by atoms with E-state index in [1.165, 1.54) is 0 Å². The van der Waals surface area contributed by atoms with Crippen molar-refractivity contribution in [2.24, 2.45) is 5.41 Å². The third-order valence-corrected chi connectivity index (χ3v) is 4.79. The molecule has 6 heteroatoms. The molecule has 1 fully saturated rings. The van der Waals surface area contributed by atoms with Crippen LogP contribution in [0.5, 0.6) is 0 Å². The van der Waals surface area contributed by atoms with Crippen LogP contribution in [0.25, 0.3) is 0 Å². The number of aliphatic carboxylic acids is 1. The molecule has 1 aliphatic heterocycles. The largest absolute Gasteiger partial charge is 0.481 e. The minimum Gasteiger partial charge on any atom is -0.481 e. The van der Waals surface area contributed by atoms with Crippen LogP contribution in [0, 0.1) is 5.41 Å². The zero-order chi connectivity index (χ0) is 15.3. The summed E-state index contributed by atoms with van der Waals surface area (Å²) in [6, 6.07) is 7.62. The summed E-state index contributed by atoms with van der Waals surface area (Å²) < 4.78 is 39.6. The maximum Gasteiger partial charge on any atom is 0.406 e. The summed E-state index contributed by atoms with van der Waals surface area (Å²) in [6.45, 7) is -0.282. The van der Waals surface area contributed by atoms with Gasteiger partial charge in [0, 0.05) is 19.1 Å². The first-order chi connectivity index (χ1) is 9.85. The molecule has 1 heterocycles. The van der Waals surface area contributed by atoms with E-state index in [2.05, 4.69) is 0 Å². The van der Waals surface area contributed by atoms with Gasteiger partial charge in [-0.3, -0.25) is 9.69 Å². The van der Waals surface area contributed by atoms with Crippen molar-refractivity contribution in [3.05, 3.63) is 35.4 Å². The van der Waals surface area contributed by atoms with Crippen LogP contribution in [0.1, 0.15) is 30.0 Å². The number of halogens is 3. The number of benzene rings is 1. The van der Waals surface area contributed by atoms with Crippen LogP contribution in [-0.4, -0.2) is 35.2 Å². The molecule has 114 valence electrons. The quantitative estimate of drug-likeness (QED) is 0.912. The number of carboxylic acids is 1. The van der Waals surface area contributed by atoms with E-state index in [9.17, 15) is 18.0 Å². The highest BCUT2D eigenvalue weighted by Gasteiger charge is 2.64. The molecule has 0 radical (unpaired) electrons. The first-order valence-electron chi connectivity index (χ1n) is 6.97. The van der Waals surface area contributed by atoms with Gasteiger partial charge in [0.15, 0.2) is 5.41 Å². The summed E-state index contributed by atoms with van der Waals surface area (Å²) in [5, 5.41) is 9.11. The Morgan fingerprint density at radius 2 is 2.05 bits per heavy atom. The van der Waals surface area contributed by atoms with E-state index in [-0.39, 0.29) is 19.0 Å². The highest BCUT2D eigenvalue weighted by molar-refractivity contribution is 5.76. The first-order valence-corrected chi connectivity index (χ1v) is 6.97. The number of fused-ring (bicyclic) bond motifs is 1. The van der Waals surface area contributed by atoms with E-state index < -0.39 is 24.1 Å². The Morgan fingerprint density at radius 3 is 2.67 bits per heavy atom. The zero-order valence-electron chi connectivity index (χ0n) is 11.4. The fraction of sp³-hybridized carbons (Fsp3) is 0.533. The number of nitrogens with zero attached hydrogens (tertiary/aromatic N) is 1. The van der Waals surface area contributed by atoms with E-state index in [0.29, 0.717) is 0 Å². The average molecular weight is 299 g/mol. The molecule has 21 heavy (non-hydrogen) atoms. The van der Waals surface area contributed by atoms with Gasteiger partial charge < -0.3 is 5.11 Å². The number of carbonyl (C=O) groups is 1. The number of hydrogen-bond donors (Lipinski definition) is 1. The number of aryl methyl sites for hydroxylation is 1. The molecule has 1 N–H and O–H groups in total. The van der Waals surface area contributed by atoms with Gasteiger partial charge in [-0.2, -0.15) is 13.2 Å². The molecule has 3 nitrogen and oxygen atoms in total. The zero-order valence-corrected chi connectivity index (χ0v) is 11.4. The number of rotatable bonds is 2. The van der Waals surface area contributed by atoms with Crippen molar-refractivity contribution < 1.29 is 23.1 Å². The molecule has 2 unspecified atom stereocenters. The molecule has 1 aromatic carbocycles. The third kappa shape index (κ3) is 2.12. The second-order valence-electron chi connectivity index (χ2n) is 5.86. The Labute approximate surface area is 120 Å². The molecule has 0 amide bonds. The molecular formula is C15H16F3NO2. The van der Waals surface area contributed by atoms with Gasteiger partial charge in [-0.05, 0) is 30.4 Å².